The van der Waals surface area contributed by atoms with Gasteiger partial charge in [-0.3, -0.25) is 14.4 Å². The number of carbonyl (C=O) groups is 3. The lowest BCUT2D eigenvalue weighted by Gasteiger charge is -2.59. The van der Waals surface area contributed by atoms with Gasteiger partial charge in [0.2, 0.25) is 5.78 Å². The number of benzene rings is 1. The second kappa shape index (κ2) is 8.42. The molecule has 4 rings (SSSR count). The smallest absolute Gasteiger partial charge is 0.209 e. The molecule has 3 aliphatic rings. The van der Waals surface area contributed by atoms with Gasteiger partial charge in [0, 0.05) is 22.3 Å². The van der Waals surface area contributed by atoms with Crippen LogP contribution in [0.15, 0.2) is 46.9 Å². The number of aliphatic hydroxyl groups is 3. The Morgan fingerprint density at radius 1 is 1.16 bits per heavy atom. The predicted octanol–water partition coefficient (Wildman–Crippen LogP) is 4.86. The van der Waals surface area contributed by atoms with Crippen molar-refractivity contribution in [1.82, 2.24) is 0 Å². The van der Waals surface area contributed by atoms with Crippen molar-refractivity contribution in [3.8, 4) is 5.75 Å². The van der Waals surface area contributed by atoms with Crippen LogP contribution in [0, 0.1) is 22.7 Å². The number of ketones is 3. The van der Waals surface area contributed by atoms with E-state index in [9.17, 15) is 34.8 Å². The lowest BCUT2D eigenvalue weighted by molar-refractivity contribution is -0.171. The molecule has 0 saturated heterocycles. The molecule has 7 heteroatoms. The van der Waals surface area contributed by atoms with Crippen molar-refractivity contribution < 1.29 is 34.8 Å². The minimum atomic E-state index is -2.60. The number of rotatable bonds is 5. The Labute approximate surface area is 217 Å². The Morgan fingerprint density at radius 3 is 2.32 bits per heavy atom. The highest BCUT2D eigenvalue weighted by atomic mass is 16.3. The monoisotopic (exact) mass is 508 g/mol. The standard InChI is InChI=1S/C30H36O7/c1-8-15(4)11-17-9-10-18-12-28(6)13-29(7)21(14(2)3)24(33)19(16(5)31)26(35)30(29,37)27(36)22(28)25(34)20(18)23(17)32/h9-10,14,21,32-33,36-37H,4,8,11-13H2,1-3,5-7H3/t21?,28-,29-,30+/m1/s1. The Hall–Kier alpha value is -3.19. The summed E-state index contributed by atoms with van der Waals surface area (Å²) < 4.78 is 0. The molecule has 4 N–H and O–H groups in total. The Balaban J connectivity index is 2.00. The maximum atomic E-state index is 14.0. The largest absolute Gasteiger partial charge is 0.511 e. The van der Waals surface area contributed by atoms with Crippen LogP contribution in [0.25, 0.3) is 0 Å². The van der Waals surface area contributed by atoms with Crippen molar-refractivity contribution in [2.24, 2.45) is 22.7 Å². The third-order valence-electron chi connectivity index (χ3n) is 8.90. The van der Waals surface area contributed by atoms with E-state index in [4.69, 9.17) is 0 Å². The Kier molecular flexibility index (Phi) is 6.11. The highest BCUT2D eigenvalue weighted by Gasteiger charge is 2.71. The van der Waals surface area contributed by atoms with E-state index in [0.717, 1.165) is 12.5 Å². The second-order valence-corrected chi connectivity index (χ2v) is 11.8. The molecular formula is C30H36O7. The highest BCUT2D eigenvalue weighted by molar-refractivity contribution is 6.25. The van der Waals surface area contributed by atoms with Crippen LogP contribution in [-0.4, -0.2) is 43.4 Å². The fourth-order valence-electron chi connectivity index (χ4n) is 7.30. The molecule has 37 heavy (non-hydrogen) atoms. The molecule has 0 heterocycles. The van der Waals surface area contributed by atoms with Crippen LogP contribution in [0.1, 0.15) is 75.9 Å². The molecule has 7 nitrogen and oxygen atoms in total. The molecule has 0 spiro atoms. The van der Waals surface area contributed by atoms with Gasteiger partial charge in [-0.1, -0.05) is 58.9 Å². The molecule has 0 saturated carbocycles. The maximum absolute atomic E-state index is 14.0. The van der Waals surface area contributed by atoms with Gasteiger partial charge >= 0.3 is 0 Å². The first kappa shape index (κ1) is 26.9. The number of carbonyl (C=O) groups excluding carboxylic acids is 3. The number of aliphatic hydroxyl groups excluding tert-OH is 2. The van der Waals surface area contributed by atoms with Gasteiger partial charge in [0.1, 0.15) is 22.8 Å². The van der Waals surface area contributed by atoms with Gasteiger partial charge in [0.25, 0.3) is 0 Å². The number of phenols is 1. The van der Waals surface area contributed by atoms with Crippen molar-refractivity contribution in [3.05, 3.63) is 63.6 Å². The molecule has 1 aromatic rings. The first-order valence-electron chi connectivity index (χ1n) is 12.8. The summed E-state index contributed by atoms with van der Waals surface area (Å²) in [4.78, 5) is 40.1. The van der Waals surface area contributed by atoms with E-state index in [-0.39, 0.29) is 41.4 Å². The fraction of sp³-hybridized carbons (Fsp3) is 0.500. The molecule has 3 aliphatic carbocycles. The lowest BCUT2D eigenvalue weighted by Crippen LogP contribution is -2.67. The third-order valence-corrected chi connectivity index (χ3v) is 8.90. The minimum Gasteiger partial charge on any atom is -0.511 e. The van der Waals surface area contributed by atoms with Gasteiger partial charge in [-0.15, -0.1) is 0 Å². The average molecular weight is 509 g/mol. The van der Waals surface area contributed by atoms with E-state index < -0.39 is 51.0 Å². The van der Waals surface area contributed by atoms with Crippen molar-refractivity contribution in [2.45, 2.75) is 72.8 Å². The van der Waals surface area contributed by atoms with Crippen molar-refractivity contribution in [1.29, 1.82) is 0 Å². The van der Waals surface area contributed by atoms with Gasteiger partial charge in [-0.2, -0.15) is 0 Å². The van der Waals surface area contributed by atoms with Gasteiger partial charge in [-0.05, 0) is 49.7 Å². The van der Waals surface area contributed by atoms with Crippen LogP contribution in [0.2, 0.25) is 0 Å². The van der Waals surface area contributed by atoms with E-state index in [1.165, 1.54) is 0 Å². The van der Waals surface area contributed by atoms with Crippen LogP contribution in [0.3, 0.4) is 0 Å². The first-order valence-corrected chi connectivity index (χ1v) is 12.8. The van der Waals surface area contributed by atoms with Gasteiger partial charge in [0.05, 0.1) is 5.56 Å². The number of hydrogen-bond acceptors (Lipinski definition) is 7. The topological polar surface area (TPSA) is 132 Å². The summed E-state index contributed by atoms with van der Waals surface area (Å²) in [7, 11) is 0. The van der Waals surface area contributed by atoms with Gasteiger partial charge < -0.3 is 20.4 Å². The number of hydrogen-bond donors (Lipinski definition) is 4. The lowest BCUT2D eigenvalue weighted by atomic mass is 9.44. The zero-order chi connectivity index (χ0) is 27.8. The van der Waals surface area contributed by atoms with Crippen molar-refractivity contribution in [2.75, 3.05) is 0 Å². The summed E-state index contributed by atoms with van der Waals surface area (Å²) >= 11 is 0. The minimum absolute atomic E-state index is 0.0430. The Bertz CT molecular complexity index is 1330. The Morgan fingerprint density at radius 2 is 1.78 bits per heavy atom. The first-order chi connectivity index (χ1) is 17.1. The van der Waals surface area contributed by atoms with E-state index in [2.05, 4.69) is 6.58 Å². The van der Waals surface area contributed by atoms with Crippen LogP contribution in [-0.2, 0) is 22.4 Å². The quantitative estimate of drug-likeness (QED) is 0.330. The molecular weight excluding hydrogens is 472 g/mol. The maximum Gasteiger partial charge on any atom is 0.209 e. The van der Waals surface area contributed by atoms with Gasteiger partial charge in [0.15, 0.2) is 17.2 Å². The molecule has 198 valence electrons. The number of fused-ring (bicyclic) bond motifs is 3. The molecule has 0 radical (unpaired) electrons. The summed E-state index contributed by atoms with van der Waals surface area (Å²) in [5.74, 6) is -5.02. The van der Waals surface area contributed by atoms with Crippen LogP contribution in [0.5, 0.6) is 5.75 Å². The number of aromatic hydroxyl groups is 1. The van der Waals surface area contributed by atoms with Crippen molar-refractivity contribution >= 4 is 17.3 Å². The average Bonchev–Trinajstić information content (AvgIpc) is 2.77. The fourth-order valence-corrected chi connectivity index (χ4v) is 7.30. The van der Waals surface area contributed by atoms with E-state index >= 15 is 0 Å². The van der Waals surface area contributed by atoms with Gasteiger partial charge in [-0.25, -0.2) is 0 Å². The van der Waals surface area contributed by atoms with Crippen LogP contribution < -0.4 is 0 Å². The summed E-state index contributed by atoms with van der Waals surface area (Å²) in [6, 6.07) is 3.57. The SMILES string of the molecule is C=C(CC)Cc1ccc2c(c1O)C(=O)C1=C(O)[C@@]3(O)C(=O)C(C(C)=O)=C(O)C(C(C)C)[C@@]3(C)C[C@@]1(C)C2. The van der Waals surface area contributed by atoms with E-state index in [0.29, 0.717) is 24.0 Å². The zero-order valence-corrected chi connectivity index (χ0v) is 22.4. The predicted molar refractivity (Wildman–Crippen MR) is 138 cm³/mol. The normalized spacial score (nSPS) is 31.3. The molecule has 0 bridgehead atoms. The van der Waals surface area contributed by atoms with E-state index in [1.807, 2.05) is 20.8 Å². The van der Waals surface area contributed by atoms with E-state index in [1.54, 1.807) is 26.0 Å². The van der Waals surface area contributed by atoms with Crippen LogP contribution >= 0.6 is 0 Å². The summed E-state index contributed by atoms with van der Waals surface area (Å²) in [5.41, 5.74) is -3.65. The number of allylic oxidation sites excluding steroid dienone is 3. The molecule has 0 fully saturated rings. The second-order valence-electron chi connectivity index (χ2n) is 11.8. The number of Topliss-reactive ketones (excluding diaryl/α,β-unsaturated/α-hetero) is 3. The molecule has 0 aliphatic heterocycles. The summed E-state index contributed by atoms with van der Waals surface area (Å²) in [6.07, 6.45) is 1.44. The molecule has 0 amide bonds. The third kappa shape index (κ3) is 3.39. The van der Waals surface area contributed by atoms with Crippen LogP contribution in [0.4, 0.5) is 0 Å². The molecule has 4 atom stereocenters. The number of phenolic OH excluding ortho intramolecular Hbond substituents is 1. The molecule has 1 aromatic carbocycles. The van der Waals surface area contributed by atoms with Crippen molar-refractivity contribution in [3.63, 3.8) is 0 Å². The molecule has 0 aromatic heterocycles. The summed E-state index contributed by atoms with van der Waals surface area (Å²) in [6.45, 7) is 14.1. The summed E-state index contributed by atoms with van der Waals surface area (Å²) in [5, 5.41) is 45.9. The zero-order valence-electron chi connectivity index (χ0n) is 22.4. The molecule has 1 unspecified atom stereocenters. The highest BCUT2D eigenvalue weighted by Crippen LogP contribution is 2.65.